The summed E-state index contributed by atoms with van der Waals surface area (Å²) in [4.78, 5) is 2.48. The van der Waals surface area contributed by atoms with E-state index in [2.05, 4.69) is 45.0 Å². The van der Waals surface area contributed by atoms with Crippen molar-refractivity contribution in [2.75, 3.05) is 26.7 Å². The molecular formula is C14H32N2. The molecule has 0 fully saturated rings. The lowest BCUT2D eigenvalue weighted by Crippen LogP contribution is -2.43. The number of nitrogens with zero attached hydrogens (tertiary/aromatic N) is 1. The Morgan fingerprint density at radius 3 is 2.31 bits per heavy atom. The van der Waals surface area contributed by atoms with Crippen molar-refractivity contribution in [1.29, 1.82) is 0 Å². The maximum atomic E-state index is 3.61. The molecule has 2 heteroatoms. The Morgan fingerprint density at radius 2 is 1.81 bits per heavy atom. The van der Waals surface area contributed by atoms with Crippen molar-refractivity contribution in [3.63, 3.8) is 0 Å². The van der Waals surface area contributed by atoms with Crippen molar-refractivity contribution in [2.45, 2.75) is 59.4 Å². The van der Waals surface area contributed by atoms with E-state index in [1.54, 1.807) is 0 Å². The van der Waals surface area contributed by atoms with Crippen LogP contribution in [0, 0.1) is 5.92 Å². The number of unbranched alkanes of at least 4 members (excludes halogenated alkanes) is 2. The molecule has 0 spiro atoms. The van der Waals surface area contributed by atoms with Gasteiger partial charge in [-0.05, 0) is 32.5 Å². The zero-order valence-electron chi connectivity index (χ0n) is 12.1. The third-order valence-corrected chi connectivity index (χ3v) is 3.45. The van der Waals surface area contributed by atoms with E-state index in [0.29, 0.717) is 6.04 Å². The second-order valence-electron chi connectivity index (χ2n) is 5.02. The first-order valence-electron chi connectivity index (χ1n) is 7.07. The number of hydrogen-bond donors (Lipinski definition) is 1. The van der Waals surface area contributed by atoms with Gasteiger partial charge in [-0.1, -0.05) is 47.0 Å². The van der Waals surface area contributed by atoms with Gasteiger partial charge in [-0.2, -0.15) is 0 Å². The quantitative estimate of drug-likeness (QED) is 0.578. The molecule has 2 nitrogen and oxygen atoms in total. The van der Waals surface area contributed by atoms with E-state index >= 15 is 0 Å². The first kappa shape index (κ1) is 15.9. The van der Waals surface area contributed by atoms with Crippen LogP contribution in [0.15, 0.2) is 0 Å². The Kier molecular flexibility index (Phi) is 10.0. The van der Waals surface area contributed by atoms with Crippen LogP contribution in [0.4, 0.5) is 0 Å². The average Bonchev–Trinajstić information content (AvgIpc) is 2.28. The van der Waals surface area contributed by atoms with Gasteiger partial charge < -0.3 is 10.2 Å². The molecule has 0 aliphatic rings. The van der Waals surface area contributed by atoms with Crippen LogP contribution in [0.3, 0.4) is 0 Å². The van der Waals surface area contributed by atoms with Crippen LogP contribution in [-0.2, 0) is 0 Å². The molecule has 1 N–H and O–H groups in total. The molecule has 0 amide bonds. The fourth-order valence-corrected chi connectivity index (χ4v) is 2.05. The van der Waals surface area contributed by atoms with Gasteiger partial charge in [0.2, 0.25) is 0 Å². The van der Waals surface area contributed by atoms with E-state index in [9.17, 15) is 0 Å². The topological polar surface area (TPSA) is 15.3 Å². The molecule has 0 saturated carbocycles. The molecule has 98 valence electrons. The fraction of sp³-hybridized carbons (Fsp3) is 1.00. The minimum absolute atomic E-state index is 0.654. The standard InChI is InChI=1S/C14H32N2/c1-6-9-10-11-16(5)12-14(15-8-3)13(4)7-2/h13-15H,6-12H2,1-5H3. The molecule has 2 unspecified atom stereocenters. The van der Waals surface area contributed by atoms with Crippen LogP contribution in [0.2, 0.25) is 0 Å². The molecule has 0 aromatic rings. The van der Waals surface area contributed by atoms with Crippen LogP contribution in [-0.4, -0.2) is 37.6 Å². The summed E-state index contributed by atoms with van der Waals surface area (Å²) in [6.45, 7) is 12.6. The largest absolute Gasteiger partial charge is 0.313 e. The van der Waals surface area contributed by atoms with Crippen molar-refractivity contribution in [3.8, 4) is 0 Å². The Morgan fingerprint density at radius 1 is 1.12 bits per heavy atom. The molecular weight excluding hydrogens is 196 g/mol. The molecule has 0 rings (SSSR count). The highest BCUT2D eigenvalue weighted by molar-refractivity contribution is 4.75. The summed E-state index contributed by atoms with van der Waals surface area (Å²) in [6.07, 6.45) is 5.28. The lowest BCUT2D eigenvalue weighted by Gasteiger charge is -2.28. The summed E-state index contributed by atoms with van der Waals surface area (Å²) < 4.78 is 0. The van der Waals surface area contributed by atoms with Crippen LogP contribution in [0.25, 0.3) is 0 Å². The summed E-state index contributed by atoms with van der Waals surface area (Å²) in [5.41, 5.74) is 0. The van der Waals surface area contributed by atoms with Gasteiger partial charge >= 0.3 is 0 Å². The van der Waals surface area contributed by atoms with E-state index in [1.807, 2.05) is 0 Å². The monoisotopic (exact) mass is 228 g/mol. The lowest BCUT2D eigenvalue weighted by atomic mass is 9.98. The molecule has 0 aliphatic carbocycles. The maximum Gasteiger partial charge on any atom is 0.0220 e. The van der Waals surface area contributed by atoms with E-state index in [0.717, 1.165) is 12.5 Å². The lowest BCUT2D eigenvalue weighted by molar-refractivity contribution is 0.243. The highest BCUT2D eigenvalue weighted by Gasteiger charge is 2.16. The second-order valence-corrected chi connectivity index (χ2v) is 5.02. The van der Waals surface area contributed by atoms with Crippen molar-refractivity contribution in [2.24, 2.45) is 5.92 Å². The molecule has 0 bridgehead atoms. The number of nitrogens with one attached hydrogen (secondary N) is 1. The van der Waals surface area contributed by atoms with E-state index in [-0.39, 0.29) is 0 Å². The number of hydrogen-bond acceptors (Lipinski definition) is 2. The molecule has 0 heterocycles. The predicted octanol–water partition coefficient (Wildman–Crippen LogP) is 3.13. The molecule has 0 aromatic carbocycles. The Balaban J connectivity index is 3.87. The van der Waals surface area contributed by atoms with E-state index < -0.39 is 0 Å². The highest BCUT2D eigenvalue weighted by atomic mass is 15.1. The molecule has 0 radical (unpaired) electrons. The van der Waals surface area contributed by atoms with Gasteiger partial charge in [-0.3, -0.25) is 0 Å². The molecule has 0 saturated heterocycles. The second kappa shape index (κ2) is 10.1. The fourth-order valence-electron chi connectivity index (χ4n) is 2.05. The molecule has 16 heavy (non-hydrogen) atoms. The van der Waals surface area contributed by atoms with Crippen LogP contribution in [0.1, 0.15) is 53.4 Å². The number of rotatable bonds is 10. The molecule has 2 atom stereocenters. The van der Waals surface area contributed by atoms with Gasteiger partial charge in [0.15, 0.2) is 0 Å². The molecule has 0 aromatic heterocycles. The minimum Gasteiger partial charge on any atom is -0.313 e. The summed E-state index contributed by atoms with van der Waals surface area (Å²) in [5.74, 6) is 0.772. The van der Waals surface area contributed by atoms with Gasteiger partial charge in [0.1, 0.15) is 0 Å². The third kappa shape index (κ3) is 7.24. The molecule has 0 aliphatic heterocycles. The maximum absolute atomic E-state index is 3.61. The normalized spacial score (nSPS) is 15.4. The van der Waals surface area contributed by atoms with Gasteiger partial charge in [0.05, 0.1) is 0 Å². The predicted molar refractivity (Wildman–Crippen MR) is 73.9 cm³/mol. The first-order chi connectivity index (χ1) is 7.65. The highest BCUT2D eigenvalue weighted by Crippen LogP contribution is 2.09. The Hall–Kier alpha value is -0.0800. The van der Waals surface area contributed by atoms with Crippen molar-refractivity contribution < 1.29 is 0 Å². The third-order valence-electron chi connectivity index (χ3n) is 3.45. The summed E-state index contributed by atoms with van der Waals surface area (Å²) >= 11 is 0. The van der Waals surface area contributed by atoms with Crippen LogP contribution >= 0.6 is 0 Å². The summed E-state index contributed by atoms with van der Waals surface area (Å²) in [6, 6.07) is 0.654. The van der Waals surface area contributed by atoms with Crippen molar-refractivity contribution in [3.05, 3.63) is 0 Å². The SMILES string of the molecule is CCCCCN(C)CC(NCC)C(C)CC. The number of likely N-dealkylation sites (N-methyl/N-ethyl adjacent to an activating group) is 2. The summed E-state index contributed by atoms with van der Waals surface area (Å²) in [5, 5.41) is 3.61. The van der Waals surface area contributed by atoms with Gasteiger partial charge in [-0.15, -0.1) is 0 Å². The van der Waals surface area contributed by atoms with Gasteiger partial charge in [0, 0.05) is 12.6 Å². The van der Waals surface area contributed by atoms with Crippen molar-refractivity contribution >= 4 is 0 Å². The minimum atomic E-state index is 0.654. The van der Waals surface area contributed by atoms with Crippen molar-refractivity contribution in [1.82, 2.24) is 10.2 Å². The van der Waals surface area contributed by atoms with Crippen LogP contribution in [0.5, 0.6) is 0 Å². The smallest absolute Gasteiger partial charge is 0.0220 e. The van der Waals surface area contributed by atoms with Crippen LogP contribution < -0.4 is 5.32 Å². The van der Waals surface area contributed by atoms with Gasteiger partial charge in [-0.25, -0.2) is 0 Å². The zero-order valence-corrected chi connectivity index (χ0v) is 12.1. The van der Waals surface area contributed by atoms with E-state index in [4.69, 9.17) is 0 Å². The summed E-state index contributed by atoms with van der Waals surface area (Å²) in [7, 11) is 2.25. The Bertz CT molecular complexity index is 148. The first-order valence-corrected chi connectivity index (χ1v) is 7.07. The zero-order chi connectivity index (χ0) is 12.4. The van der Waals surface area contributed by atoms with Gasteiger partial charge in [0.25, 0.3) is 0 Å². The Labute approximate surface area is 103 Å². The van der Waals surface area contributed by atoms with E-state index in [1.165, 1.54) is 38.8 Å². The average molecular weight is 228 g/mol.